The number of benzene rings is 1. The van der Waals surface area contributed by atoms with Crippen molar-refractivity contribution in [2.24, 2.45) is 5.92 Å². The molecule has 5 nitrogen and oxygen atoms in total. The molecule has 156 valence electrons. The van der Waals surface area contributed by atoms with Crippen LogP contribution in [0.5, 0.6) is 0 Å². The first-order valence-electron chi connectivity index (χ1n) is 10.7. The molecule has 0 radical (unpaired) electrons. The second-order valence-electron chi connectivity index (χ2n) is 8.74. The van der Waals surface area contributed by atoms with E-state index in [0.29, 0.717) is 31.6 Å². The maximum atomic E-state index is 13.4. The largest absolute Gasteiger partial charge is 0.296 e. The highest BCUT2D eigenvalue weighted by Gasteiger charge is 2.47. The van der Waals surface area contributed by atoms with E-state index in [1.165, 1.54) is 17.5 Å². The average molecular weight is 426 g/mol. The highest BCUT2D eigenvalue weighted by molar-refractivity contribution is 7.86. The van der Waals surface area contributed by atoms with E-state index in [9.17, 15) is 8.42 Å². The lowest BCUT2D eigenvalue weighted by molar-refractivity contribution is 0.0195. The van der Waals surface area contributed by atoms with Crippen molar-refractivity contribution in [2.75, 3.05) is 32.7 Å². The van der Waals surface area contributed by atoms with E-state index in [4.69, 9.17) is 0 Å². The Kier molecular flexibility index (Phi) is 6.05. The fourth-order valence-corrected chi connectivity index (χ4v) is 7.86. The molecule has 0 aromatic heterocycles. The Labute approximate surface area is 175 Å². The number of hydrogen-bond acceptors (Lipinski definition) is 3. The van der Waals surface area contributed by atoms with Gasteiger partial charge in [0.05, 0.1) is 0 Å². The van der Waals surface area contributed by atoms with Gasteiger partial charge in [0.25, 0.3) is 10.2 Å². The minimum absolute atomic E-state index is 0. The van der Waals surface area contributed by atoms with Crippen LogP contribution in [0.3, 0.4) is 0 Å². The van der Waals surface area contributed by atoms with Gasteiger partial charge in [-0.15, -0.1) is 12.4 Å². The molecular weight excluding hydrogens is 394 g/mol. The monoisotopic (exact) mass is 425 g/mol. The molecule has 7 heteroatoms. The van der Waals surface area contributed by atoms with Crippen molar-refractivity contribution in [1.82, 2.24) is 13.5 Å². The van der Waals surface area contributed by atoms with E-state index in [2.05, 4.69) is 29.2 Å². The van der Waals surface area contributed by atoms with Crippen LogP contribution in [0.4, 0.5) is 0 Å². The summed E-state index contributed by atoms with van der Waals surface area (Å²) in [5, 5.41) is 0. The van der Waals surface area contributed by atoms with E-state index in [1.807, 2.05) is 4.31 Å². The summed E-state index contributed by atoms with van der Waals surface area (Å²) in [4.78, 5) is 2.63. The van der Waals surface area contributed by atoms with Crippen LogP contribution in [0.1, 0.15) is 55.7 Å². The lowest BCUT2D eigenvalue weighted by atomic mass is 9.77. The van der Waals surface area contributed by atoms with Crippen LogP contribution in [0.15, 0.2) is 24.3 Å². The van der Waals surface area contributed by atoms with Crippen LogP contribution in [0.25, 0.3) is 0 Å². The number of nitrogens with zero attached hydrogens (tertiary/aromatic N) is 3. The van der Waals surface area contributed by atoms with Crippen LogP contribution in [-0.2, 0) is 16.6 Å². The molecule has 4 aliphatic rings. The normalized spacial score (nSPS) is 31.9. The van der Waals surface area contributed by atoms with E-state index >= 15 is 0 Å². The van der Waals surface area contributed by atoms with Gasteiger partial charge >= 0.3 is 0 Å². The molecule has 4 aliphatic heterocycles. The van der Waals surface area contributed by atoms with Crippen molar-refractivity contribution >= 4 is 22.6 Å². The van der Waals surface area contributed by atoms with Crippen molar-refractivity contribution in [2.45, 2.75) is 57.0 Å². The molecular formula is C21H32ClN3O2S. The van der Waals surface area contributed by atoms with Gasteiger partial charge in [0.2, 0.25) is 0 Å². The van der Waals surface area contributed by atoms with E-state index in [1.54, 1.807) is 4.31 Å². The van der Waals surface area contributed by atoms with Gasteiger partial charge in [-0.2, -0.15) is 17.0 Å². The predicted molar refractivity (Wildman–Crippen MR) is 114 cm³/mol. The van der Waals surface area contributed by atoms with E-state index in [-0.39, 0.29) is 18.4 Å². The van der Waals surface area contributed by atoms with E-state index < -0.39 is 10.2 Å². The average Bonchev–Trinajstić information content (AvgIpc) is 2.72. The number of hydrogen-bond donors (Lipinski definition) is 0. The fraction of sp³-hybridized carbons (Fsp3) is 0.714. The van der Waals surface area contributed by atoms with Gasteiger partial charge in [0.1, 0.15) is 0 Å². The molecule has 28 heavy (non-hydrogen) atoms. The Hall–Kier alpha value is -0.660. The van der Waals surface area contributed by atoms with Crippen molar-refractivity contribution < 1.29 is 8.42 Å². The van der Waals surface area contributed by atoms with Gasteiger partial charge in [0.15, 0.2) is 0 Å². The van der Waals surface area contributed by atoms with Crippen molar-refractivity contribution in [3.05, 3.63) is 35.4 Å². The summed E-state index contributed by atoms with van der Waals surface area (Å²) < 4.78 is 30.5. The quantitative estimate of drug-likeness (QED) is 0.730. The predicted octanol–water partition coefficient (Wildman–Crippen LogP) is 3.22. The summed E-state index contributed by atoms with van der Waals surface area (Å²) in [5.41, 5.74) is 2.89. The highest BCUT2D eigenvalue weighted by Crippen LogP contribution is 2.43. The third-order valence-electron chi connectivity index (χ3n) is 7.26. The summed E-state index contributed by atoms with van der Waals surface area (Å²) in [5.74, 6) is 0.486. The van der Waals surface area contributed by atoms with Crippen molar-refractivity contribution in [3.63, 3.8) is 0 Å². The molecule has 0 amide bonds. The van der Waals surface area contributed by atoms with Crippen molar-refractivity contribution in [1.29, 1.82) is 0 Å². The van der Waals surface area contributed by atoms with Gasteiger partial charge in [-0.3, -0.25) is 4.90 Å². The summed E-state index contributed by atoms with van der Waals surface area (Å²) in [6.45, 7) is 4.27. The summed E-state index contributed by atoms with van der Waals surface area (Å²) in [7, 11) is -3.32. The zero-order valence-corrected chi connectivity index (χ0v) is 18.1. The summed E-state index contributed by atoms with van der Waals surface area (Å²) in [6.07, 6.45) is 7.42. The Morgan fingerprint density at radius 3 is 2.54 bits per heavy atom. The first kappa shape index (κ1) is 20.6. The molecule has 0 saturated carbocycles. The molecule has 3 saturated heterocycles. The lowest BCUT2D eigenvalue weighted by Gasteiger charge is -2.52. The Balaban J connectivity index is 0.00000192. The standard InChI is InChI=1S/C21H31N3O2S.ClH/c25-27(26,23-11-4-1-5-12-23)24-13-6-8-18-16-22-14-10-17-7-2-3-9-19(17)21(22)15-20(18)24;/h2-3,7,9,18,20-21H,1,4-6,8,10-16H2;1H/t18-,20+,21+;/m1./s1. The molecule has 0 aliphatic carbocycles. The zero-order chi connectivity index (χ0) is 18.4. The summed E-state index contributed by atoms with van der Waals surface area (Å²) >= 11 is 0. The number of rotatable bonds is 2. The smallest absolute Gasteiger partial charge is 0.282 e. The zero-order valence-electron chi connectivity index (χ0n) is 16.5. The van der Waals surface area contributed by atoms with Gasteiger partial charge in [-0.1, -0.05) is 30.7 Å². The lowest BCUT2D eigenvalue weighted by Crippen LogP contribution is -2.60. The van der Waals surface area contributed by atoms with Crippen LogP contribution in [0.2, 0.25) is 0 Å². The molecule has 4 heterocycles. The third kappa shape index (κ3) is 3.52. The van der Waals surface area contributed by atoms with Crippen LogP contribution < -0.4 is 0 Å². The number of piperidine rings is 3. The minimum atomic E-state index is -3.32. The maximum absolute atomic E-state index is 13.4. The summed E-state index contributed by atoms with van der Waals surface area (Å²) in [6, 6.07) is 9.33. The Bertz CT molecular complexity index is 797. The van der Waals surface area contributed by atoms with E-state index in [0.717, 1.165) is 51.6 Å². The van der Waals surface area contributed by atoms with Gasteiger partial charge < -0.3 is 0 Å². The molecule has 0 spiro atoms. The molecule has 3 fully saturated rings. The van der Waals surface area contributed by atoms with Crippen LogP contribution in [0, 0.1) is 5.92 Å². The maximum Gasteiger partial charge on any atom is 0.282 e. The minimum Gasteiger partial charge on any atom is -0.296 e. The van der Waals surface area contributed by atoms with Crippen LogP contribution >= 0.6 is 12.4 Å². The Morgan fingerprint density at radius 1 is 0.929 bits per heavy atom. The van der Waals surface area contributed by atoms with Gasteiger partial charge in [-0.25, -0.2) is 0 Å². The molecule has 1 aromatic carbocycles. The first-order chi connectivity index (χ1) is 13.1. The molecule has 0 N–H and O–H groups in total. The second kappa shape index (κ2) is 8.23. The Morgan fingerprint density at radius 2 is 1.71 bits per heavy atom. The molecule has 5 rings (SSSR count). The molecule has 0 unspecified atom stereocenters. The molecule has 3 atom stereocenters. The number of halogens is 1. The van der Waals surface area contributed by atoms with Gasteiger partial charge in [0, 0.05) is 44.8 Å². The molecule has 0 bridgehead atoms. The topological polar surface area (TPSA) is 43.9 Å². The van der Waals surface area contributed by atoms with Gasteiger partial charge in [-0.05, 0) is 55.6 Å². The number of fused-ring (bicyclic) bond motifs is 4. The van der Waals surface area contributed by atoms with Crippen LogP contribution in [-0.4, -0.2) is 60.7 Å². The second-order valence-corrected chi connectivity index (χ2v) is 10.6. The SMILES string of the molecule is Cl.O=S(=O)(N1CCCCC1)N1CCC[C@@H]2CN3CCc4ccccc4[C@@H]3C[C@@H]21. The first-order valence-corrected chi connectivity index (χ1v) is 12.1. The van der Waals surface area contributed by atoms with Crippen molar-refractivity contribution in [3.8, 4) is 0 Å². The fourth-order valence-electron chi connectivity index (χ4n) is 5.88. The highest BCUT2D eigenvalue weighted by atomic mass is 35.5. The molecule has 1 aromatic rings. The third-order valence-corrected chi connectivity index (χ3v) is 9.33.